The van der Waals surface area contributed by atoms with Crippen molar-refractivity contribution in [2.45, 2.75) is 58.3 Å². The molecule has 0 atom stereocenters. The van der Waals surface area contributed by atoms with Crippen molar-refractivity contribution in [2.75, 3.05) is 33.9 Å². The van der Waals surface area contributed by atoms with Crippen LogP contribution in [0.5, 0.6) is 0 Å². The standard InChI is InChI=1S/C14H31NO2/c1-4-5-6-7-8-9-10-11-13-17-14-12-15(2,3)16/h4-14H2,1-3H3. The molecule has 0 N–H and O–H groups in total. The molecule has 3 nitrogen and oxygen atoms in total. The number of unbranched alkanes of at least 4 members (excludes halogenated alkanes) is 7. The van der Waals surface area contributed by atoms with Gasteiger partial charge in [0.15, 0.2) is 0 Å². The summed E-state index contributed by atoms with van der Waals surface area (Å²) in [6, 6.07) is 0. The summed E-state index contributed by atoms with van der Waals surface area (Å²) in [6.07, 6.45) is 10.6. The van der Waals surface area contributed by atoms with Gasteiger partial charge in [0.2, 0.25) is 0 Å². The van der Waals surface area contributed by atoms with E-state index in [9.17, 15) is 5.21 Å². The number of hydroxylamine groups is 3. The predicted molar refractivity (Wildman–Crippen MR) is 73.8 cm³/mol. The van der Waals surface area contributed by atoms with Crippen LogP contribution < -0.4 is 0 Å². The maximum absolute atomic E-state index is 11.2. The van der Waals surface area contributed by atoms with Crippen molar-refractivity contribution in [3.05, 3.63) is 5.21 Å². The number of hydrogen-bond acceptors (Lipinski definition) is 2. The van der Waals surface area contributed by atoms with Crippen LogP contribution in [-0.4, -0.2) is 38.5 Å². The lowest BCUT2D eigenvalue weighted by Gasteiger charge is -2.33. The molecule has 0 aliphatic rings. The lowest BCUT2D eigenvalue weighted by Crippen LogP contribution is -2.35. The molecule has 0 aromatic rings. The molecular formula is C14H31NO2. The Morgan fingerprint density at radius 1 is 0.824 bits per heavy atom. The van der Waals surface area contributed by atoms with E-state index >= 15 is 0 Å². The first kappa shape index (κ1) is 16.9. The quantitative estimate of drug-likeness (QED) is 0.298. The Balaban J connectivity index is 2.99. The molecule has 104 valence electrons. The van der Waals surface area contributed by atoms with Crippen molar-refractivity contribution < 1.29 is 9.38 Å². The van der Waals surface area contributed by atoms with Gasteiger partial charge in [-0.15, -0.1) is 0 Å². The van der Waals surface area contributed by atoms with Gasteiger partial charge >= 0.3 is 0 Å². The van der Waals surface area contributed by atoms with Gasteiger partial charge in [-0.3, -0.25) is 0 Å². The second-order valence-corrected chi connectivity index (χ2v) is 5.38. The highest BCUT2D eigenvalue weighted by Gasteiger charge is 2.00. The maximum Gasteiger partial charge on any atom is 0.102 e. The molecule has 0 fully saturated rings. The maximum atomic E-state index is 11.2. The van der Waals surface area contributed by atoms with E-state index in [1.807, 2.05) is 0 Å². The fraction of sp³-hybridized carbons (Fsp3) is 1.00. The molecule has 0 saturated carbocycles. The Morgan fingerprint density at radius 2 is 1.35 bits per heavy atom. The summed E-state index contributed by atoms with van der Waals surface area (Å²) in [6.45, 7) is 4.21. The molecule has 0 amide bonds. The second-order valence-electron chi connectivity index (χ2n) is 5.38. The molecule has 3 heteroatoms. The fourth-order valence-corrected chi connectivity index (χ4v) is 1.72. The number of likely N-dealkylation sites (N-methyl/N-ethyl adjacent to an activating group) is 1. The predicted octanol–water partition coefficient (Wildman–Crippen LogP) is 3.72. The van der Waals surface area contributed by atoms with E-state index in [1.165, 1.54) is 44.9 Å². The topological polar surface area (TPSA) is 32.3 Å². The third kappa shape index (κ3) is 15.9. The van der Waals surface area contributed by atoms with Gasteiger partial charge in [0.25, 0.3) is 0 Å². The molecule has 0 aliphatic carbocycles. The van der Waals surface area contributed by atoms with Crippen LogP contribution in [0, 0.1) is 5.21 Å². The third-order valence-electron chi connectivity index (χ3n) is 2.92. The molecule has 0 heterocycles. The molecule has 0 saturated heterocycles. The lowest BCUT2D eigenvalue weighted by atomic mass is 10.1. The molecular weight excluding hydrogens is 214 g/mol. The molecule has 0 unspecified atom stereocenters. The Bertz CT molecular complexity index is 155. The summed E-state index contributed by atoms with van der Waals surface area (Å²) in [5, 5.41) is 11.2. The Hall–Kier alpha value is -0.120. The van der Waals surface area contributed by atoms with Crippen molar-refractivity contribution in [3.63, 3.8) is 0 Å². The summed E-state index contributed by atoms with van der Waals surface area (Å²) in [4.78, 5) is 0. The summed E-state index contributed by atoms with van der Waals surface area (Å²) < 4.78 is 5.19. The van der Waals surface area contributed by atoms with Crippen LogP contribution in [0.4, 0.5) is 0 Å². The van der Waals surface area contributed by atoms with Gasteiger partial charge in [-0.1, -0.05) is 51.9 Å². The summed E-state index contributed by atoms with van der Waals surface area (Å²) in [5.41, 5.74) is 0. The van der Waals surface area contributed by atoms with E-state index in [4.69, 9.17) is 4.74 Å². The van der Waals surface area contributed by atoms with Crippen LogP contribution >= 0.6 is 0 Å². The van der Waals surface area contributed by atoms with Crippen LogP contribution in [0.15, 0.2) is 0 Å². The van der Waals surface area contributed by atoms with Gasteiger partial charge in [0.1, 0.15) is 6.54 Å². The largest absolute Gasteiger partial charge is 0.633 e. The first-order valence-electron chi connectivity index (χ1n) is 7.18. The van der Waals surface area contributed by atoms with Crippen LogP contribution in [0.3, 0.4) is 0 Å². The van der Waals surface area contributed by atoms with E-state index in [-0.39, 0.29) is 4.65 Å². The zero-order valence-corrected chi connectivity index (χ0v) is 12.0. The number of hydrogen-bond donors (Lipinski definition) is 0. The highest BCUT2D eigenvalue weighted by Crippen LogP contribution is 2.08. The highest BCUT2D eigenvalue weighted by atomic mass is 16.5. The van der Waals surface area contributed by atoms with Crippen molar-refractivity contribution in [2.24, 2.45) is 0 Å². The first-order chi connectivity index (χ1) is 8.06. The van der Waals surface area contributed by atoms with Crippen LogP contribution in [0.25, 0.3) is 0 Å². The minimum atomic E-state index is -0.253. The highest BCUT2D eigenvalue weighted by molar-refractivity contribution is 4.45. The minimum absolute atomic E-state index is 0.253. The average molecular weight is 245 g/mol. The molecule has 0 rings (SSSR count). The molecule has 0 aromatic carbocycles. The minimum Gasteiger partial charge on any atom is -0.633 e. The summed E-state index contributed by atoms with van der Waals surface area (Å²) >= 11 is 0. The van der Waals surface area contributed by atoms with E-state index in [0.717, 1.165) is 13.0 Å². The van der Waals surface area contributed by atoms with Gasteiger partial charge in [0, 0.05) is 6.61 Å². The third-order valence-corrected chi connectivity index (χ3v) is 2.92. The van der Waals surface area contributed by atoms with Crippen molar-refractivity contribution in [3.8, 4) is 0 Å². The molecule has 0 radical (unpaired) electrons. The van der Waals surface area contributed by atoms with E-state index in [2.05, 4.69) is 6.92 Å². The summed E-state index contributed by atoms with van der Waals surface area (Å²) in [5.74, 6) is 0. The van der Waals surface area contributed by atoms with E-state index in [0.29, 0.717) is 13.2 Å². The fourth-order valence-electron chi connectivity index (χ4n) is 1.72. The van der Waals surface area contributed by atoms with Crippen molar-refractivity contribution in [1.29, 1.82) is 0 Å². The normalized spacial score (nSPS) is 12.0. The van der Waals surface area contributed by atoms with Crippen LogP contribution in [-0.2, 0) is 4.74 Å². The smallest absolute Gasteiger partial charge is 0.102 e. The Kier molecular flexibility index (Phi) is 10.9. The first-order valence-corrected chi connectivity index (χ1v) is 7.18. The van der Waals surface area contributed by atoms with Crippen molar-refractivity contribution >= 4 is 0 Å². The number of quaternary nitrogens is 1. The van der Waals surface area contributed by atoms with Gasteiger partial charge < -0.3 is 14.6 Å². The second kappa shape index (κ2) is 11.0. The van der Waals surface area contributed by atoms with Crippen LogP contribution in [0.1, 0.15) is 58.3 Å². The molecule has 17 heavy (non-hydrogen) atoms. The Labute approximate surface area is 107 Å². The average Bonchev–Trinajstić information content (AvgIpc) is 2.24. The van der Waals surface area contributed by atoms with E-state index in [1.54, 1.807) is 14.1 Å². The number of nitrogens with zero attached hydrogens (tertiary/aromatic N) is 1. The molecule has 0 bridgehead atoms. The number of rotatable bonds is 12. The monoisotopic (exact) mass is 245 g/mol. The molecule has 0 spiro atoms. The van der Waals surface area contributed by atoms with Gasteiger partial charge in [-0.25, -0.2) is 0 Å². The van der Waals surface area contributed by atoms with Gasteiger partial charge in [0.05, 0.1) is 20.7 Å². The molecule has 0 aliphatic heterocycles. The van der Waals surface area contributed by atoms with Gasteiger partial charge in [-0.2, -0.15) is 0 Å². The zero-order chi connectivity index (χ0) is 13.0. The Morgan fingerprint density at radius 3 is 1.88 bits per heavy atom. The van der Waals surface area contributed by atoms with Crippen LogP contribution in [0.2, 0.25) is 0 Å². The summed E-state index contributed by atoms with van der Waals surface area (Å²) in [7, 11) is 3.30. The van der Waals surface area contributed by atoms with E-state index < -0.39 is 0 Å². The zero-order valence-electron chi connectivity index (χ0n) is 12.0. The number of ether oxygens (including phenoxy) is 1. The SMILES string of the molecule is CCCCCCCCCCOCC[N+](C)(C)[O-]. The van der Waals surface area contributed by atoms with Gasteiger partial charge in [-0.05, 0) is 6.42 Å². The molecule has 0 aromatic heterocycles. The van der Waals surface area contributed by atoms with Crippen molar-refractivity contribution in [1.82, 2.24) is 0 Å². The lowest BCUT2D eigenvalue weighted by molar-refractivity contribution is -0.840.